The van der Waals surface area contributed by atoms with E-state index in [-0.39, 0.29) is 54.3 Å². The minimum absolute atomic E-state index is 0.0394. The summed E-state index contributed by atoms with van der Waals surface area (Å²) in [5.74, 6) is 5.27. The average Bonchev–Trinajstić information content (AvgIpc) is 3.69. The molecule has 0 bridgehead atoms. The summed E-state index contributed by atoms with van der Waals surface area (Å²) in [5.41, 5.74) is 20.8. The number of hydrogen-bond acceptors (Lipinski definition) is 14. The molecule has 1 aliphatic rings. The van der Waals surface area contributed by atoms with E-state index in [4.69, 9.17) is 26.8 Å². The number of carbonyl (C=O) groups is 1. The third-order valence-corrected chi connectivity index (χ3v) is 12.1. The molecule has 1 amide bonds. The van der Waals surface area contributed by atoms with Crippen molar-refractivity contribution in [3.63, 3.8) is 0 Å². The van der Waals surface area contributed by atoms with Gasteiger partial charge in [-0.05, 0) is 43.2 Å². The molecule has 1 aliphatic heterocycles. The molecule has 292 valence electrons. The van der Waals surface area contributed by atoms with Crippen molar-refractivity contribution in [1.82, 2.24) is 19.9 Å². The predicted octanol–water partition coefficient (Wildman–Crippen LogP) is 1.40. The van der Waals surface area contributed by atoms with Crippen LogP contribution in [0.25, 0.3) is 32.8 Å². The summed E-state index contributed by atoms with van der Waals surface area (Å²) in [6.07, 6.45) is 0.968. The maximum absolute atomic E-state index is 12.9. The lowest BCUT2D eigenvalue weighted by Crippen LogP contribution is -2.36. The number of fused-ring (bicyclic) bond motifs is 3. The number of nitrogens with two attached hydrogens (primary N) is 3. The van der Waals surface area contributed by atoms with Crippen LogP contribution in [-0.2, 0) is 42.9 Å². The van der Waals surface area contributed by atoms with Crippen LogP contribution in [0.2, 0.25) is 0 Å². The summed E-state index contributed by atoms with van der Waals surface area (Å²) in [5, 5.41) is 4.83. The van der Waals surface area contributed by atoms with Crippen molar-refractivity contribution in [2.75, 3.05) is 30.4 Å². The minimum atomic E-state index is -5.80. The molecule has 0 saturated carbocycles. The second-order valence-corrected chi connectivity index (χ2v) is 16.7. The van der Waals surface area contributed by atoms with Crippen LogP contribution in [0.15, 0.2) is 53.5 Å². The molecule has 0 radical (unpaired) electrons. The largest absolute Gasteiger partial charge is 0.756 e. The first-order valence-electron chi connectivity index (χ1n) is 16.4. The molecule has 55 heavy (non-hydrogen) atoms. The molecule has 0 aliphatic carbocycles. The number of H-pyrrole nitrogens is 1. The summed E-state index contributed by atoms with van der Waals surface area (Å²) in [6.45, 7) is -0.193. The summed E-state index contributed by atoms with van der Waals surface area (Å²) in [6, 6.07) is 13.4. The molecule has 5 atom stereocenters. The van der Waals surface area contributed by atoms with Gasteiger partial charge in [-0.15, -0.1) is 0 Å². The molecule has 6 rings (SSSR count). The number of rotatable bonds is 13. The van der Waals surface area contributed by atoms with E-state index in [0.717, 1.165) is 21.8 Å². The lowest BCUT2D eigenvalue weighted by atomic mass is 10.1. The summed E-state index contributed by atoms with van der Waals surface area (Å²) in [7, 11) is -16.9. The van der Waals surface area contributed by atoms with Crippen molar-refractivity contribution in [2.24, 2.45) is 0 Å². The topological polar surface area (TPSA) is 334 Å². The lowest BCUT2D eigenvalue weighted by Gasteiger charge is -2.21. The second kappa shape index (κ2) is 15.8. The average molecular weight is 821 g/mol. The Kier molecular flexibility index (Phi) is 11.5. The number of nitrogens with one attached hydrogen (secondary N) is 2. The Morgan fingerprint density at radius 2 is 1.71 bits per heavy atom. The molecule has 24 heteroatoms. The zero-order chi connectivity index (χ0) is 39.7. The van der Waals surface area contributed by atoms with Crippen LogP contribution in [0.5, 0.6) is 0 Å². The van der Waals surface area contributed by atoms with Crippen LogP contribution in [-0.4, -0.2) is 54.4 Å². The fourth-order valence-corrected chi connectivity index (χ4v) is 9.13. The molecule has 5 aromatic rings. The first kappa shape index (κ1) is 40.0. The highest BCUT2D eigenvalue weighted by atomic mass is 31.3. The monoisotopic (exact) mass is 820 g/mol. The molecule has 1 saturated heterocycles. The van der Waals surface area contributed by atoms with Crippen LogP contribution in [0, 0.1) is 11.8 Å². The summed E-state index contributed by atoms with van der Waals surface area (Å²) in [4.78, 5) is 70.7. The van der Waals surface area contributed by atoms with Gasteiger partial charge in [0.25, 0.3) is 13.4 Å². The number of anilines is 3. The molecule has 21 nitrogen and oxygen atoms in total. The van der Waals surface area contributed by atoms with E-state index >= 15 is 0 Å². The van der Waals surface area contributed by atoms with Crippen LogP contribution in [0.4, 0.5) is 17.3 Å². The molecule has 4 heterocycles. The van der Waals surface area contributed by atoms with Crippen LogP contribution < -0.4 is 37.5 Å². The number of aromatic nitrogens is 4. The van der Waals surface area contributed by atoms with E-state index in [1.165, 1.54) is 10.8 Å². The number of phosphoric ester groups is 1. The number of carbonyl (C=O) groups excluding carboxylic acids is 1. The SMILES string of the molecule is Nc1ccc2cc3ccc(N)cc3[n+](CCCC(=O)NCC#Cc3cn([C@H]4CC[C@@H](COP(=O)(O)OP(=O)(O)OP(=O)([O-])O)O4)c4nc(N)[nH]c(=O)c34)c2c1. The van der Waals surface area contributed by atoms with Gasteiger partial charge in [-0.1, -0.05) is 11.8 Å². The molecule has 3 unspecified atom stereocenters. The maximum atomic E-state index is 12.9. The van der Waals surface area contributed by atoms with Gasteiger partial charge >= 0.3 is 15.6 Å². The van der Waals surface area contributed by atoms with Gasteiger partial charge in [-0.25, -0.2) is 13.4 Å². The number of amides is 1. The predicted molar refractivity (Wildman–Crippen MR) is 195 cm³/mol. The van der Waals surface area contributed by atoms with Crippen LogP contribution in [0.3, 0.4) is 0 Å². The number of nitrogen functional groups attached to an aromatic ring is 3. The third-order valence-electron chi connectivity index (χ3n) is 8.32. The first-order valence-corrected chi connectivity index (χ1v) is 20.8. The minimum Gasteiger partial charge on any atom is -0.756 e. The van der Waals surface area contributed by atoms with E-state index in [0.29, 0.717) is 24.3 Å². The number of hydrogen-bond donors (Lipinski definition) is 8. The van der Waals surface area contributed by atoms with Crippen molar-refractivity contribution in [1.29, 1.82) is 0 Å². The number of aryl methyl sites for hydroxylation is 1. The van der Waals surface area contributed by atoms with Gasteiger partial charge in [-0.3, -0.25) is 23.7 Å². The van der Waals surface area contributed by atoms with Crippen molar-refractivity contribution in [3.8, 4) is 11.8 Å². The molecule has 2 aromatic carbocycles. The van der Waals surface area contributed by atoms with E-state index < -0.39 is 48.0 Å². The number of benzene rings is 2. The van der Waals surface area contributed by atoms with Crippen LogP contribution in [0.1, 0.15) is 37.5 Å². The van der Waals surface area contributed by atoms with Gasteiger partial charge in [0.1, 0.15) is 12.8 Å². The summed E-state index contributed by atoms with van der Waals surface area (Å²) < 4.78 is 55.8. The molecular weight excluding hydrogens is 785 g/mol. The zero-order valence-electron chi connectivity index (χ0n) is 28.6. The summed E-state index contributed by atoms with van der Waals surface area (Å²) >= 11 is 0. The highest BCUT2D eigenvalue weighted by molar-refractivity contribution is 7.66. The first-order chi connectivity index (χ1) is 25.9. The van der Waals surface area contributed by atoms with Gasteiger partial charge in [0, 0.05) is 53.3 Å². The second-order valence-electron chi connectivity index (χ2n) is 12.4. The zero-order valence-corrected chi connectivity index (χ0v) is 31.2. The standard InChI is InChI=1S/C31H35N8O13P3/c32-21-7-5-18-13-19-6-8-22(33)15-25(19)38(24(18)14-21)12-2-4-26(40)35-11-1-3-20-16-39(29-28(20)30(41)37-31(34)36-29)27-10-9-23(50-27)17-49-54(45,46)52-55(47,48)51-53(42,43)44/h5-8,13-16,23,27H,2,4,9-12,17H2,(H11,32,33,34,35,36,37,40,41,42,43,44,45,46,47,48)/t23-,27+/m0/s1. The Bertz CT molecular complexity index is 2520. The lowest BCUT2D eigenvalue weighted by molar-refractivity contribution is -0.645. The van der Waals surface area contributed by atoms with E-state index in [1.807, 2.05) is 36.4 Å². The molecule has 11 N–H and O–H groups in total. The molecule has 1 fully saturated rings. The molecule has 0 spiro atoms. The fraction of sp³-hybridized carbons (Fsp3) is 0.290. The number of phosphoric acid groups is 3. The van der Waals surface area contributed by atoms with Gasteiger partial charge < -0.3 is 51.4 Å². The Morgan fingerprint density at radius 3 is 2.36 bits per heavy atom. The maximum Gasteiger partial charge on any atom is 0.487 e. The smallest absolute Gasteiger partial charge is 0.487 e. The third kappa shape index (κ3) is 9.96. The van der Waals surface area contributed by atoms with E-state index in [2.05, 4.69) is 50.9 Å². The van der Waals surface area contributed by atoms with Crippen molar-refractivity contribution in [3.05, 3.63) is 64.6 Å². The highest BCUT2D eigenvalue weighted by Gasteiger charge is 2.39. The van der Waals surface area contributed by atoms with Gasteiger partial charge in [0.05, 0.1) is 30.2 Å². The van der Waals surface area contributed by atoms with Crippen molar-refractivity contribution < 1.29 is 60.5 Å². The van der Waals surface area contributed by atoms with Crippen LogP contribution >= 0.6 is 23.5 Å². The van der Waals surface area contributed by atoms with Gasteiger partial charge in [0.15, 0.2) is 5.65 Å². The number of pyridine rings is 1. The Labute approximate surface area is 310 Å². The van der Waals surface area contributed by atoms with Gasteiger partial charge in [0.2, 0.25) is 22.9 Å². The number of ether oxygens (including phenoxy) is 1. The van der Waals surface area contributed by atoms with Crippen molar-refractivity contribution >= 4 is 79.5 Å². The number of nitrogens with zero attached hydrogens (tertiary/aromatic N) is 3. The quantitative estimate of drug-likeness (QED) is 0.0274. The van der Waals surface area contributed by atoms with E-state index in [9.17, 15) is 38.0 Å². The Hall–Kier alpha value is -4.67. The fourth-order valence-electron chi connectivity index (χ4n) is 6.12. The van der Waals surface area contributed by atoms with Gasteiger partial charge in [-0.2, -0.15) is 13.9 Å². The number of aromatic amines is 1. The highest BCUT2D eigenvalue weighted by Crippen LogP contribution is 2.65. The Balaban J connectivity index is 1.08. The molecular formula is C31H35N8O13P3. The normalized spacial score (nSPS) is 19.1. The Morgan fingerprint density at radius 1 is 1.04 bits per heavy atom. The van der Waals surface area contributed by atoms with E-state index in [1.54, 1.807) is 0 Å². The van der Waals surface area contributed by atoms with Crippen molar-refractivity contribution in [2.45, 2.75) is 44.6 Å². The molecule has 3 aromatic heterocycles.